The van der Waals surface area contributed by atoms with Crippen LogP contribution in [0.5, 0.6) is 11.5 Å². The molecule has 0 aliphatic carbocycles. The van der Waals surface area contributed by atoms with Gasteiger partial charge in [-0.3, -0.25) is 0 Å². The lowest BCUT2D eigenvalue weighted by Crippen LogP contribution is -2.09. The molecular weight excluding hydrogens is 377 g/mol. The molecular formula is C24H22BNO4. The van der Waals surface area contributed by atoms with Crippen LogP contribution in [0.2, 0.25) is 0 Å². The molecule has 3 N–H and O–H groups in total. The second-order valence-electron chi connectivity index (χ2n) is 6.26. The molecule has 4 aromatic rings. The number of anilines is 3. The first-order chi connectivity index (χ1) is 14.6. The van der Waals surface area contributed by atoms with E-state index in [4.69, 9.17) is 19.8 Å². The number of hydrogen-bond acceptors (Lipinski definition) is 5. The van der Waals surface area contributed by atoms with Gasteiger partial charge in [-0.05, 0) is 60.7 Å². The van der Waals surface area contributed by atoms with Crippen molar-refractivity contribution < 1.29 is 19.8 Å². The summed E-state index contributed by atoms with van der Waals surface area (Å²) in [6.07, 6.45) is 0. The van der Waals surface area contributed by atoms with Crippen molar-refractivity contribution in [2.75, 3.05) is 4.90 Å². The van der Waals surface area contributed by atoms with Gasteiger partial charge in [0.1, 0.15) is 11.5 Å². The maximum absolute atomic E-state index is 7.17. The fourth-order valence-corrected chi connectivity index (χ4v) is 2.89. The molecule has 0 unspecified atom stereocenters. The van der Waals surface area contributed by atoms with E-state index in [1.165, 1.54) is 0 Å². The first kappa shape index (κ1) is 21.1. The van der Waals surface area contributed by atoms with Crippen molar-refractivity contribution in [2.45, 2.75) is 0 Å². The van der Waals surface area contributed by atoms with E-state index in [1.807, 2.05) is 54.6 Å². The van der Waals surface area contributed by atoms with Crippen molar-refractivity contribution in [3.8, 4) is 11.5 Å². The van der Waals surface area contributed by atoms with Gasteiger partial charge in [0.15, 0.2) is 0 Å². The summed E-state index contributed by atoms with van der Waals surface area (Å²) in [4.78, 5) is 2.23. The highest BCUT2D eigenvalue weighted by atomic mass is 16.5. The summed E-state index contributed by atoms with van der Waals surface area (Å²) in [6, 6.07) is 38.7. The second-order valence-corrected chi connectivity index (χ2v) is 6.26. The first-order valence-electron chi connectivity index (χ1n) is 9.41. The van der Waals surface area contributed by atoms with Crippen molar-refractivity contribution in [2.24, 2.45) is 0 Å². The molecule has 150 valence electrons. The number of benzene rings is 4. The van der Waals surface area contributed by atoms with E-state index in [-0.39, 0.29) is 0 Å². The van der Waals surface area contributed by atoms with Gasteiger partial charge in [-0.25, -0.2) is 0 Å². The minimum absolute atomic E-state index is 0.820. The standard InChI is InChI=1S/C24H19NO.BH3O3/c1-4-10-20(11-5-1)25(21-12-6-2-7-13-21)22-16-18-24(19-17-22)26-23-14-8-3-9-15-23;2-1(3)4/h1-19H;2-4H. The van der Waals surface area contributed by atoms with Crippen molar-refractivity contribution >= 4 is 24.4 Å². The van der Waals surface area contributed by atoms with Gasteiger partial charge in [0.05, 0.1) is 0 Å². The van der Waals surface area contributed by atoms with Gasteiger partial charge in [0, 0.05) is 17.1 Å². The van der Waals surface area contributed by atoms with Crippen LogP contribution < -0.4 is 9.64 Å². The maximum Gasteiger partial charge on any atom is 0.631 e. The predicted octanol–water partition coefficient (Wildman–Crippen LogP) is 4.90. The normalized spacial score (nSPS) is 9.83. The van der Waals surface area contributed by atoms with E-state index < -0.39 is 7.32 Å². The molecule has 0 saturated heterocycles. The summed E-state index contributed by atoms with van der Waals surface area (Å²) < 4.78 is 5.91. The first-order valence-corrected chi connectivity index (χ1v) is 9.41. The Hall–Kier alpha value is -3.58. The van der Waals surface area contributed by atoms with Gasteiger partial charge in [-0.1, -0.05) is 54.6 Å². The highest BCUT2D eigenvalue weighted by Crippen LogP contribution is 2.35. The summed E-state index contributed by atoms with van der Waals surface area (Å²) in [5, 5.41) is 21.5. The molecule has 0 aromatic heterocycles. The van der Waals surface area contributed by atoms with Crippen LogP contribution in [-0.4, -0.2) is 22.4 Å². The molecule has 30 heavy (non-hydrogen) atoms. The van der Waals surface area contributed by atoms with E-state index in [9.17, 15) is 0 Å². The van der Waals surface area contributed by atoms with E-state index in [1.54, 1.807) is 0 Å². The molecule has 4 aromatic carbocycles. The topological polar surface area (TPSA) is 73.2 Å². The van der Waals surface area contributed by atoms with Crippen LogP contribution in [0, 0.1) is 0 Å². The van der Waals surface area contributed by atoms with Crippen molar-refractivity contribution in [3.63, 3.8) is 0 Å². The summed E-state index contributed by atoms with van der Waals surface area (Å²) in [5.74, 6) is 1.66. The Labute approximate surface area is 176 Å². The lowest BCUT2D eigenvalue weighted by Gasteiger charge is -2.25. The van der Waals surface area contributed by atoms with Gasteiger partial charge < -0.3 is 24.7 Å². The molecule has 0 fully saturated rings. The van der Waals surface area contributed by atoms with E-state index >= 15 is 0 Å². The minimum Gasteiger partial charge on any atom is -0.457 e. The zero-order valence-corrected chi connectivity index (χ0v) is 16.2. The van der Waals surface area contributed by atoms with Gasteiger partial charge in [0.25, 0.3) is 0 Å². The van der Waals surface area contributed by atoms with Crippen molar-refractivity contribution in [1.82, 2.24) is 0 Å². The minimum atomic E-state index is -2.17. The Kier molecular flexibility index (Phi) is 7.63. The molecule has 0 heterocycles. The molecule has 0 bridgehead atoms. The van der Waals surface area contributed by atoms with Crippen LogP contribution in [0.4, 0.5) is 17.1 Å². The fourth-order valence-electron chi connectivity index (χ4n) is 2.89. The number of para-hydroxylation sites is 3. The van der Waals surface area contributed by atoms with Crippen LogP contribution in [0.1, 0.15) is 0 Å². The third kappa shape index (κ3) is 6.22. The smallest absolute Gasteiger partial charge is 0.457 e. The van der Waals surface area contributed by atoms with Crippen LogP contribution in [0.15, 0.2) is 115 Å². The largest absolute Gasteiger partial charge is 0.631 e. The molecule has 0 radical (unpaired) electrons. The third-order valence-corrected chi connectivity index (χ3v) is 4.10. The highest BCUT2D eigenvalue weighted by molar-refractivity contribution is 6.30. The third-order valence-electron chi connectivity index (χ3n) is 4.10. The Bertz CT molecular complexity index is 955. The molecule has 5 nitrogen and oxygen atoms in total. The summed E-state index contributed by atoms with van der Waals surface area (Å²) >= 11 is 0. The molecule has 0 saturated carbocycles. The van der Waals surface area contributed by atoms with Gasteiger partial charge in [-0.15, -0.1) is 0 Å². The van der Waals surface area contributed by atoms with E-state index in [0.29, 0.717) is 0 Å². The molecule has 0 aliphatic heterocycles. The maximum atomic E-state index is 7.17. The van der Waals surface area contributed by atoms with Crippen molar-refractivity contribution in [3.05, 3.63) is 115 Å². The quantitative estimate of drug-likeness (QED) is 0.417. The molecule has 0 atom stereocenters. The van der Waals surface area contributed by atoms with Crippen LogP contribution in [0.25, 0.3) is 0 Å². The molecule has 4 rings (SSSR count). The van der Waals surface area contributed by atoms with E-state index in [0.717, 1.165) is 28.6 Å². The lowest BCUT2D eigenvalue weighted by molar-refractivity contribution is 0.278. The van der Waals surface area contributed by atoms with Gasteiger partial charge >= 0.3 is 7.32 Å². The SMILES string of the molecule is OB(O)O.c1ccc(Oc2ccc(N(c3ccccc3)c3ccccc3)cc2)cc1. The van der Waals surface area contributed by atoms with Crippen LogP contribution in [-0.2, 0) is 0 Å². The Morgan fingerprint density at radius 1 is 0.467 bits per heavy atom. The number of hydrogen-bond donors (Lipinski definition) is 3. The van der Waals surface area contributed by atoms with Gasteiger partial charge in [-0.2, -0.15) is 0 Å². The zero-order chi connectivity index (χ0) is 21.2. The van der Waals surface area contributed by atoms with Crippen LogP contribution in [0.3, 0.4) is 0 Å². The average Bonchev–Trinajstić information content (AvgIpc) is 2.77. The molecule has 6 heteroatoms. The average molecular weight is 399 g/mol. The number of ether oxygens (including phenoxy) is 1. The predicted molar refractivity (Wildman–Crippen MR) is 120 cm³/mol. The Morgan fingerprint density at radius 3 is 1.23 bits per heavy atom. The Morgan fingerprint density at radius 2 is 0.800 bits per heavy atom. The summed E-state index contributed by atoms with van der Waals surface area (Å²) in [7, 11) is -2.17. The lowest BCUT2D eigenvalue weighted by atomic mass is 10.2. The molecule has 0 amide bonds. The Balaban J connectivity index is 0.000000589. The summed E-state index contributed by atoms with van der Waals surface area (Å²) in [5.41, 5.74) is 3.33. The zero-order valence-electron chi connectivity index (χ0n) is 16.2. The second kappa shape index (κ2) is 10.8. The molecule has 0 spiro atoms. The van der Waals surface area contributed by atoms with Gasteiger partial charge in [0.2, 0.25) is 0 Å². The highest BCUT2D eigenvalue weighted by Gasteiger charge is 2.11. The number of nitrogens with zero attached hydrogens (tertiary/aromatic N) is 1. The fraction of sp³-hybridized carbons (Fsp3) is 0. The van der Waals surface area contributed by atoms with Crippen LogP contribution >= 0.6 is 0 Å². The monoisotopic (exact) mass is 399 g/mol. The molecule has 0 aliphatic rings. The van der Waals surface area contributed by atoms with E-state index in [2.05, 4.69) is 65.6 Å². The van der Waals surface area contributed by atoms with Crippen molar-refractivity contribution in [1.29, 1.82) is 0 Å². The number of rotatable bonds is 5. The summed E-state index contributed by atoms with van der Waals surface area (Å²) in [6.45, 7) is 0.